The van der Waals surface area contributed by atoms with E-state index in [2.05, 4.69) is 17.5 Å². The number of halogens is 1. The summed E-state index contributed by atoms with van der Waals surface area (Å²) < 4.78 is 11.1. The summed E-state index contributed by atoms with van der Waals surface area (Å²) in [6.45, 7) is 0. The van der Waals surface area contributed by atoms with Gasteiger partial charge in [-0.15, -0.1) is 0 Å². The number of non-ortho nitro benzene ring substituents is 1. The Morgan fingerprint density at radius 2 is 1.93 bits per heavy atom. The van der Waals surface area contributed by atoms with E-state index in [-0.39, 0.29) is 23.6 Å². The van der Waals surface area contributed by atoms with E-state index in [0.29, 0.717) is 10.8 Å². The number of hydrogen-bond acceptors (Lipinski definition) is 5. The van der Waals surface area contributed by atoms with Crippen LogP contribution in [0.2, 0.25) is 5.02 Å². The molecule has 0 bridgehead atoms. The Hall–Kier alpha value is -2.73. The number of allylic oxidation sites excluding steroid dienone is 2. The SMILES string of the molecule is COc1ccc(OC)c2c1NC(c1cc([N+](=O)[O-])ccc1Cl)C1CC=CC21. The van der Waals surface area contributed by atoms with E-state index in [4.69, 9.17) is 21.1 Å². The number of benzene rings is 2. The average Bonchev–Trinajstić information content (AvgIpc) is 3.16. The summed E-state index contributed by atoms with van der Waals surface area (Å²) >= 11 is 6.45. The average molecular weight is 387 g/mol. The van der Waals surface area contributed by atoms with Crippen molar-refractivity contribution in [2.24, 2.45) is 5.92 Å². The number of ether oxygens (including phenoxy) is 2. The number of fused-ring (bicyclic) bond motifs is 3. The highest BCUT2D eigenvalue weighted by Crippen LogP contribution is 2.55. The van der Waals surface area contributed by atoms with Crippen LogP contribution in [0.1, 0.15) is 29.5 Å². The monoisotopic (exact) mass is 386 g/mol. The highest BCUT2D eigenvalue weighted by Gasteiger charge is 2.41. The molecule has 0 saturated heterocycles. The zero-order valence-electron chi connectivity index (χ0n) is 14.9. The van der Waals surface area contributed by atoms with Crippen molar-refractivity contribution in [2.45, 2.75) is 18.4 Å². The van der Waals surface area contributed by atoms with Gasteiger partial charge in [-0.3, -0.25) is 10.1 Å². The molecule has 6 nitrogen and oxygen atoms in total. The minimum atomic E-state index is -0.398. The maximum atomic E-state index is 11.3. The Morgan fingerprint density at radius 3 is 2.63 bits per heavy atom. The fourth-order valence-electron chi connectivity index (χ4n) is 4.19. The first-order chi connectivity index (χ1) is 13.0. The largest absolute Gasteiger partial charge is 0.496 e. The van der Waals surface area contributed by atoms with Crippen LogP contribution in [0.3, 0.4) is 0 Å². The molecule has 0 amide bonds. The van der Waals surface area contributed by atoms with Gasteiger partial charge in [-0.2, -0.15) is 0 Å². The van der Waals surface area contributed by atoms with Crippen LogP contribution in [0.5, 0.6) is 11.5 Å². The van der Waals surface area contributed by atoms with Gasteiger partial charge in [0, 0.05) is 34.2 Å². The van der Waals surface area contributed by atoms with Crippen molar-refractivity contribution in [3.05, 3.63) is 68.7 Å². The lowest BCUT2D eigenvalue weighted by Crippen LogP contribution is -2.30. The topological polar surface area (TPSA) is 73.6 Å². The second-order valence-electron chi connectivity index (χ2n) is 6.70. The van der Waals surface area contributed by atoms with Crippen molar-refractivity contribution in [3.63, 3.8) is 0 Å². The third-order valence-corrected chi connectivity index (χ3v) is 5.75. The molecule has 0 saturated carbocycles. The number of nitrogens with one attached hydrogen (secondary N) is 1. The molecule has 27 heavy (non-hydrogen) atoms. The van der Waals surface area contributed by atoms with Crippen LogP contribution < -0.4 is 14.8 Å². The molecule has 0 spiro atoms. The minimum absolute atomic E-state index is 0.0297. The van der Waals surface area contributed by atoms with Crippen molar-refractivity contribution >= 4 is 23.0 Å². The molecule has 0 aromatic heterocycles. The van der Waals surface area contributed by atoms with Gasteiger partial charge < -0.3 is 14.8 Å². The van der Waals surface area contributed by atoms with Crippen molar-refractivity contribution in [2.75, 3.05) is 19.5 Å². The van der Waals surface area contributed by atoms with Crippen LogP contribution in [0, 0.1) is 16.0 Å². The third-order valence-electron chi connectivity index (χ3n) is 5.41. The zero-order chi connectivity index (χ0) is 19.1. The quantitative estimate of drug-likeness (QED) is 0.450. The van der Waals surface area contributed by atoms with Gasteiger partial charge in [0.05, 0.1) is 30.9 Å². The van der Waals surface area contributed by atoms with Gasteiger partial charge in [-0.1, -0.05) is 23.8 Å². The Morgan fingerprint density at radius 1 is 1.19 bits per heavy atom. The van der Waals surface area contributed by atoms with E-state index in [1.165, 1.54) is 6.07 Å². The summed E-state index contributed by atoms with van der Waals surface area (Å²) in [5.41, 5.74) is 2.65. The number of methoxy groups -OCH3 is 2. The Balaban J connectivity index is 1.88. The van der Waals surface area contributed by atoms with Crippen LogP contribution in [0.15, 0.2) is 42.5 Å². The van der Waals surface area contributed by atoms with Crippen LogP contribution in [0.25, 0.3) is 0 Å². The number of nitrogens with zero attached hydrogens (tertiary/aromatic N) is 1. The van der Waals surface area contributed by atoms with Crippen LogP contribution in [-0.4, -0.2) is 19.1 Å². The van der Waals surface area contributed by atoms with E-state index in [9.17, 15) is 10.1 Å². The molecule has 3 unspecified atom stereocenters. The predicted molar refractivity (Wildman–Crippen MR) is 104 cm³/mol. The molecule has 0 radical (unpaired) electrons. The summed E-state index contributed by atoms with van der Waals surface area (Å²) in [5, 5.41) is 15.3. The van der Waals surface area contributed by atoms with E-state index < -0.39 is 4.92 Å². The molecule has 1 N–H and O–H groups in total. The van der Waals surface area contributed by atoms with Crippen LogP contribution in [-0.2, 0) is 0 Å². The molecule has 2 aliphatic rings. The summed E-state index contributed by atoms with van der Waals surface area (Å²) in [6.07, 6.45) is 5.16. The number of rotatable bonds is 4. The summed E-state index contributed by atoms with van der Waals surface area (Å²) in [7, 11) is 3.27. The fraction of sp³-hybridized carbons (Fsp3) is 0.300. The number of nitro benzene ring substituents is 1. The second-order valence-corrected chi connectivity index (χ2v) is 7.10. The molecule has 3 atom stereocenters. The van der Waals surface area contributed by atoms with Gasteiger partial charge in [0.15, 0.2) is 0 Å². The molecular weight excluding hydrogens is 368 g/mol. The first kappa shape index (κ1) is 17.7. The van der Waals surface area contributed by atoms with E-state index in [1.54, 1.807) is 26.4 Å². The molecule has 1 heterocycles. The van der Waals surface area contributed by atoms with Crippen molar-refractivity contribution in [3.8, 4) is 11.5 Å². The van der Waals surface area contributed by atoms with Gasteiger partial charge >= 0.3 is 0 Å². The zero-order valence-corrected chi connectivity index (χ0v) is 15.7. The first-order valence-electron chi connectivity index (χ1n) is 8.67. The summed E-state index contributed by atoms with van der Waals surface area (Å²) in [6, 6.07) is 8.17. The molecule has 2 aromatic carbocycles. The van der Waals surface area contributed by atoms with Gasteiger partial charge in [-0.25, -0.2) is 0 Å². The fourth-order valence-corrected chi connectivity index (χ4v) is 4.42. The van der Waals surface area contributed by atoms with Gasteiger partial charge in [-0.05, 0) is 30.5 Å². The third kappa shape index (κ3) is 2.80. The lowest BCUT2D eigenvalue weighted by atomic mass is 9.76. The normalized spacial score (nSPS) is 22.6. The molecule has 1 aliphatic carbocycles. The van der Waals surface area contributed by atoms with Crippen molar-refractivity contribution < 1.29 is 14.4 Å². The number of hydrogen-bond donors (Lipinski definition) is 1. The van der Waals surface area contributed by atoms with Crippen LogP contribution >= 0.6 is 11.6 Å². The molecule has 7 heteroatoms. The summed E-state index contributed by atoms with van der Waals surface area (Å²) in [5.74, 6) is 1.80. The highest BCUT2D eigenvalue weighted by atomic mass is 35.5. The first-order valence-corrected chi connectivity index (χ1v) is 9.05. The lowest BCUT2D eigenvalue weighted by Gasteiger charge is -2.39. The number of anilines is 1. The molecule has 0 fully saturated rings. The van der Waals surface area contributed by atoms with E-state index >= 15 is 0 Å². The molecular formula is C20H19ClN2O4. The Bertz CT molecular complexity index is 944. The van der Waals surface area contributed by atoms with Crippen molar-refractivity contribution in [1.29, 1.82) is 0 Å². The van der Waals surface area contributed by atoms with E-state index in [0.717, 1.165) is 29.0 Å². The molecule has 4 rings (SSSR count). The van der Waals surface area contributed by atoms with Crippen molar-refractivity contribution in [1.82, 2.24) is 0 Å². The second kappa shape index (κ2) is 6.78. The maximum Gasteiger partial charge on any atom is 0.269 e. The van der Waals surface area contributed by atoms with Gasteiger partial charge in [0.2, 0.25) is 0 Å². The minimum Gasteiger partial charge on any atom is -0.496 e. The smallest absolute Gasteiger partial charge is 0.269 e. The van der Waals surface area contributed by atoms with Gasteiger partial charge in [0.25, 0.3) is 5.69 Å². The Labute approximate surface area is 161 Å². The summed E-state index contributed by atoms with van der Waals surface area (Å²) in [4.78, 5) is 10.9. The van der Waals surface area contributed by atoms with E-state index in [1.807, 2.05) is 12.1 Å². The molecule has 2 aromatic rings. The lowest BCUT2D eigenvalue weighted by molar-refractivity contribution is -0.384. The van der Waals surface area contributed by atoms with Crippen LogP contribution in [0.4, 0.5) is 11.4 Å². The maximum absolute atomic E-state index is 11.3. The predicted octanol–water partition coefficient (Wildman–Crippen LogP) is 5.09. The number of nitro groups is 1. The molecule has 140 valence electrons. The highest BCUT2D eigenvalue weighted by molar-refractivity contribution is 6.31. The Kier molecular flexibility index (Phi) is 4.44. The van der Waals surface area contributed by atoms with Gasteiger partial charge in [0.1, 0.15) is 11.5 Å². The standard InChI is InChI=1S/C20H19ClN2O4/c1-26-16-8-9-17(27-2)20-18(16)12-4-3-5-13(12)19(22-20)14-10-11(23(24)25)6-7-15(14)21/h3-4,6-10,12-13,19,22H,5H2,1-2H3. The molecule has 1 aliphatic heterocycles.